The summed E-state index contributed by atoms with van der Waals surface area (Å²) in [4.78, 5) is 8.45. The molecule has 7 heteroatoms. The summed E-state index contributed by atoms with van der Waals surface area (Å²) in [6.45, 7) is 2.61. The highest BCUT2D eigenvalue weighted by molar-refractivity contribution is 6.36. The van der Waals surface area contributed by atoms with Crippen molar-refractivity contribution in [2.75, 3.05) is 0 Å². The van der Waals surface area contributed by atoms with Gasteiger partial charge in [-0.2, -0.15) is 5.10 Å². The third-order valence-corrected chi connectivity index (χ3v) is 3.93. The van der Waals surface area contributed by atoms with Crippen molar-refractivity contribution in [3.63, 3.8) is 0 Å². The van der Waals surface area contributed by atoms with Crippen LogP contribution >= 0.6 is 23.2 Å². The molecule has 0 unspecified atom stereocenters. The Morgan fingerprint density at radius 1 is 1.09 bits per heavy atom. The molecule has 0 radical (unpaired) electrons. The first kappa shape index (κ1) is 13.5. The topological polar surface area (TPSA) is 48.0 Å². The average Bonchev–Trinajstić information content (AvgIpc) is 3.00. The highest BCUT2D eigenvalue weighted by Crippen LogP contribution is 2.24. The second kappa shape index (κ2) is 4.97. The second-order valence-corrected chi connectivity index (χ2v) is 5.93. The Hall–Kier alpha value is -2.11. The Morgan fingerprint density at radius 2 is 1.95 bits per heavy atom. The van der Waals surface area contributed by atoms with E-state index in [2.05, 4.69) is 21.3 Å². The predicted octanol–water partition coefficient (Wildman–Crippen LogP) is 3.74. The molecule has 4 heterocycles. The second-order valence-electron chi connectivity index (χ2n) is 5.18. The minimum absolute atomic E-state index is 0.345. The molecule has 4 rings (SSSR count). The number of rotatable bonds is 2. The van der Waals surface area contributed by atoms with E-state index in [1.807, 2.05) is 40.5 Å². The minimum atomic E-state index is 0.345. The Bertz CT molecular complexity index is 1000. The molecule has 0 aliphatic rings. The summed E-state index contributed by atoms with van der Waals surface area (Å²) in [6.07, 6.45) is 5.93. The standard InChI is InChI=1S/C15H11Cl2N5/c1-9-5-21-6-10(2-3-14(21)18-9)7-22-8-11-12(20-22)4-13(16)19-15(11)17/h2-6,8H,7H2,1H3. The zero-order chi connectivity index (χ0) is 15.3. The first-order valence-electron chi connectivity index (χ1n) is 6.72. The summed E-state index contributed by atoms with van der Waals surface area (Å²) in [5.74, 6) is 0. The van der Waals surface area contributed by atoms with Crippen LogP contribution in [0.2, 0.25) is 10.3 Å². The Kier molecular flexibility index (Phi) is 3.06. The van der Waals surface area contributed by atoms with Crippen molar-refractivity contribution in [3.8, 4) is 0 Å². The largest absolute Gasteiger partial charge is 0.306 e. The van der Waals surface area contributed by atoms with Crippen LogP contribution in [-0.2, 0) is 6.54 Å². The lowest BCUT2D eigenvalue weighted by Gasteiger charge is -2.02. The van der Waals surface area contributed by atoms with Gasteiger partial charge < -0.3 is 4.40 Å². The van der Waals surface area contributed by atoms with Crippen LogP contribution in [0.4, 0.5) is 0 Å². The van der Waals surface area contributed by atoms with Gasteiger partial charge in [0.1, 0.15) is 16.0 Å². The maximum atomic E-state index is 6.10. The van der Waals surface area contributed by atoms with Crippen molar-refractivity contribution < 1.29 is 0 Å². The molecule has 0 fully saturated rings. The van der Waals surface area contributed by atoms with Crippen molar-refractivity contribution in [3.05, 3.63) is 58.4 Å². The smallest absolute Gasteiger partial charge is 0.141 e. The molecule has 0 aliphatic heterocycles. The number of fused-ring (bicyclic) bond motifs is 2. The van der Waals surface area contributed by atoms with E-state index in [0.29, 0.717) is 16.9 Å². The van der Waals surface area contributed by atoms with Crippen LogP contribution in [0.5, 0.6) is 0 Å². The normalized spacial score (nSPS) is 11.6. The highest BCUT2D eigenvalue weighted by Gasteiger charge is 2.08. The summed E-state index contributed by atoms with van der Waals surface area (Å²) in [7, 11) is 0. The number of aryl methyl sites for hydroxylation is 1. The van der Waals surface area contributed by atoms with Crippen LogP contribution in [0.3, 0.4) is 0 Å². The molecule has 0 aromatic carbocycles. The lowest BCUT2D eigenvalue weighted by Crippen LogP contribution is -2.01. The molecule has 110 valence electrons. The average molecular weight is 332 g/mol. The van der Waals surface area contributed by atoms with E-state index in [0.717, 1.165) is 27.8 Å². The number of hydrogen-bond acceptors (Lipinski definition) is 3. The lowest BCUT2D eigenvalue weighted by atomic mass is 10.3. The van der Waals surface area contributed by atoms with Gasteiger partial charge in [0.2, 0.25) is 0 Å². The number of nitrogens with zero attached hydrogens (tertiary/aromatic N) is 5. The van der Waals surface area contributed by atoms with Crippen LogP contribution < -0.4 is 0 Å². The third kappa shape index (κ3) is 2.32. The molecule has 0 saturated carbocycles. The third-order valence-electron chi connectivity index (χ3n) is 3.45. The van der Waals surface area contributed by atoms with E-state index >= 15 is 0 Å². The Labute approximate surface area is 136 Å². The van der Waals surface area contributed by atoms with Gasteiger partial charge in [0.25, 0.3) is 0 Å². The Morgan fingerprint density at radius 3 is 2.82 bits per heavy atom. The summed E-state index contributed by atoms with van der Waals surface area (Å²) in [5.41, 5.74) is 3.79. The number of aromatic nitrogens is 5. The molecule has 4 aromatic heterocycles. The van der Waals surface area contributed by atoms with Gasteiger partial charge in [0.05, 0.1) is 23.1 Å². The van der Waals surface area contributed by atoms with Crippen LogP contribution in [0.1, 0.15) is 11.3 Å². The molecule has 5 nitrogen and oxygen atoms in total. The molecule has 4 aromatic rings. The van der Waals surface area contributed by atoms with Gasteiger partial charge >= 0.3 is 0 Å². The SMILES string of the molecule is Cc1cn2cc(Cn3cc4c(Cl)nc(Cl)cc4n3)ccc2n1. The number of halogens is 2. The maximum Gasteiger partial charge on any atom is 0.141 e. The minimum Gasteiger partial charge on any atom is -0.306 e. The molecule has 0 aliphatic carbocycles. The first-order chi connectivity index (χ1) is 10.6. The summed E-state index contributed by atoms with van der Waals surface area (Å²) >= 11 is 12.0. The van der Waals surface area contributed by atoms with Gasteiger partial charge in [0, 0.05) is 24.7 Å². The zero-order valence-corrected chi connectivity index (χ0v) is 13.2. The molecule has 0 bridgehead atoms. The highest BCUT2D eigenvalue weighted by atomic mass is 35.5. The van der Waals surface area contributed by atoms with E-state index in [1.54, 1.807) is 6.07 Å². The van der Waals surface area contributed by atoms with Gasteiger partial charge in [-0.3, -0.25) is 4.68 Å². The van der Waals surface area contributed by atoms with E-state index in [4.69, 9.17) is 23.2 Å². The number of pyridine rings is 2. The van der Waals surface area contributed by atoms with Crippen molar-refractivity contribution in [1.82, 2.24) is 24.1 Å². The lowest BCUT2D eigenvalue weighted by molar-refractivity contribution is 0.693. The summed E-state index contributed by atoms with van der Waals surface area (Å²) in [5, 5.41) is 6.01. The maximum absolute atomic E-state index is 6.10. The van der Waals surface area contributed by atoms with Crippen LogP contribution in [-0.4, -0.2) is 24.1 Å². The molecule has 0 amide bonds. The fourth-order valence-corrected chi connectivity index (χ4v) is 3.00. The van der Waals surface area contributed by atoms with Gasteiger partial charge in [-0.05, 0) is 18.6 Å². The van der Waals surface area contributed by atoms with E-state index in [-0.39, 0.29) is 0 Å². The number of hydrogen-bond donors (Lipinski definition) is 0. The van der Waals surface area contributed by atoms with Crippen molar-refractivity contribution in [1.29, 1.82) is 0 Å². The molecule has 0 atom stereocenters. The van der Waals surface area contributed by atoms with Gasteiger partial charge in [-0.25, -0.2) is 9.97 Å². The van der Waals surface area contributed by atoms with Crippen LogP contribution in [0.15, 0.2) is 36.8 Å². The fraction of sp³-hybridized carbons (Fsp3) is 0.133. The van der Waals surface area contributed by atoms with E-state index in [9.17, 15) is 0 Å². The van der Waals surface area contributed by atoms with Gasteiger partial charge in [0.15, 0.2) is 0 Å². The Balaban J connectivity index is 1.73. The molecular weight excluding hydrogens is 321 g/mol. The monoisotopic (exact) mass is 331 g/mol. The zero-order valence-electron chi connectivity index (χ0n) is 11.7. The molecular formula is C15H11Cl2N5. The molecule has 0 saturated heterocycles. The van der Waals surface area contributed by atoms with Crippen LogP contribution in [0.25, 0.3) is 16.6 Å². The molecule has 22 heavy (non-hydrogen) atoms. The quantitative estimate of drug-likeness (QED) is 0.525. The van der Waals surface area contributed by atoms with Gasteiger partial charge in [-0.1, -0.05) is 29.3 Å². The summed E-state index contributed by atoms with van der Waals surface area (Å²) < 4.78 is 3.85. The van der Waals surface area contributed by atoms with Crippen molar-refractivity contribution in [2.45, 2.75) is 13.5 Å². The summed E-state index contributed by atoms with van der Waals surface area (Å²) in [6, 6.07) is 5.75. The van der Waals surface area contributed by atoms with Crippen molar-refractivity contribution in [2.24, 2.45) is 0 Å². The molecule has 0 N–H and O–H groups in total. The first-order valence-corrected chi connectivity index (χ1v) is 7.47. The van der Waals surface area contributed by atoms with E-state index < -0.39 is 0 Å². The predicted molar refractivity (Wildman–Crippen MR) is 86.6 cm³/mol. The van der Waals surface area contributed by atoms with E-state index in [1.165, 1.54) is 0 Å². The van der Waals surface area contributed by atoms with Crippen molar-refractivity contribution >= 4 is 39.8 Å². The number of imidazole rings is 1. The molecule has 0 spiro atoms. The van der Waals surface area contributed by atoms with Gasteiger partial charge in [-0.15, -0.1) is 0 Å². The fourth-order valence-electron chi connectivity index (χ4n) is 2.53. The van der Waals surface area contributed by atoms with Crippen LogP contribution in [0, 0.1) is 6.92 Å².